The van der Waals surface area contributed by atoms with E-state index in [4.69, 9.17) is 5.73 Å². The second-order valence-electron chi connectivity index (χ2n) is 2.11. The van der Waals surface area contributed by atoms with E-state index in [0.717, 1.165) is 12.2 Å². The average molecular weight is 189 g/mol. The molecule has 4 nitrogen and oxygen atoms in total. The molecule has 5 heteroatoms. The molecular formula is C7H13ClN4. The minimum absolute atomic E-state index is 0. The Morgan fingerprint density at radius 2 is 2.33 bits per heavy atom. The van der Waals surface area contributed by atoms with Crippen molar-refractivity contribution < 1.29 is 0 Å². The van der Waals surface area contributed by atoms with Gasteiger partial charge in [0.15, 0.2) is 0 Å². The van der Waals surface area contributed by atoms with Gasteiger partial charge in [-0.15, -0.1) is 12.4 Å². The third kappa shape index (κ3) is 3.02. The van der Waals surface area contributed by atoms with Crippen LogP contribution in [0.4, 0.5) is 5.95 Å². The molecule has 68 valence electrons. The maximum Gasteiger partial charge on any atom is 0.222 e. The lowest BCUT2D eigenvalue weighted by Gasteiger charge is -2.01. The molecule has 0 unspecified atom stereocenters. The van der Waals surface area contributed by atoms with E-state index < -0.39 is 0 Å². The molecule has 0 aliphatic rings. The normalized spacial score (nSPS) is 8.83. The van der Waals surface area contributed by atoms with Gasteiger partial charge in [0.1, 0.15) is 0 Å². The minimum Gasteiger partial charge on any atom is -0.354 e. The fourth-order valence-electron chi connectivity index (χ4n) is 0.753. The molecule has 1 aromatic heterocycles. The van der Waals surface area contributed by atoms with Crippen molar-refractivity contribution in [3.8, 4) is 0 Å². The molecule has 1 rings (SSSR count). The third-order valence-corrected chi connectivity index (χ3v) is 1.26. The van der Waals surface area contributed by atoms with Gasteiger partial charge >= 0.3 is 0 Å². The molecule has 0 aromatic carbocycles. The summed E-state index contributed by atoms with van der Waals surface area (Å²) in [7, 11) is 0. The van der Waals surface area contributed by atoms with Gasteiger partial charge in [-0.3, -0.25) is 0 Å². The van der Waals surface area contributed by atoms with Gasteiger partial charge < -0.3 is 11.1 Å². The first-order valence-corrected chi connectivity index (χ1v) is 3.62. The maximum absolute atomic E-state index is 5.40. The lowest BCUT2D eigenvalue weighted by Crippen LogP contribution is -2.06. The highest BCUT2D eigenvalue weighted by Crippen LogP contribution is 1.97. The lowest BCUT2D eigenvalue weighted by atomic mass is 10.4. The fraction of sp³-hybridized carbons (Fsp3) is 0.429. The highest BCUT2D eigenvalue weighted by atomic mass is 35.5. The number of aromatic nitrogens is 2. The first-order chi connectivity index (χ1) is 5.36. The quantitative estimate of drug-likeness (QED) is 0.736. The summed E-state index contributed by atoms with van der Waals surface area (Å²) in [5.41, 5.74) is 6.25. The summed E-state index contributed by atoms with van der Waals surface area (Å²) in [5.74, 6) is 0.649. The molecule has 0 atom stereocenters. The van der Waals surface area contributed by atoms with Crippen LogP contribution < -0.4 is 11.1 Å². The van der Waals surface area contributed by atoms with Crippen molar-refractivity contribution >= 4 is 18.4 Å². The molecule has 0 spiro atoms. The Morgan fingerprint density at radius 3 is 2.92 bits per heavy atom. The van der Waals surface area contributed by atoms with E-state index in [-0.39, 0.29) is 12.4 Å². The molecule has 0 saturated carbocycles. The summed E-state index contributed by atoms with van der Waals surface area (Å²) in [6, 6.07) is 1.81. The Morgan fingerprint density at radius 1 is 1.58 bits per heavy atom. The Balaban J connectivity index is 0.00000121. The van der Waals surface area contributed by atoms with Gasteiger partial charge in [0, 0.05) is 19.3 Å². The van der Waals surface area contributed by atoms with Crippen LogP contribution >= 0.6 is 12.4 Å². The van der Waals surface area contributed by atoms with Gasteiger partial charge in [-0.25, -0.2) is 9.97 Å². The van der Waals surface area contributed by atoms with Crippen LogP contribution in [0.15, 0.2) is 12.3 Å². The Hall–Kier alpha value is -0.870. The third-order valence-electron chi connectivity index (χ3n) is 1.26. The second-order valence-corrected chi connectivity index (χ2v) is 2.11. The SMILES string of the molecule is CCNc1nccc(CN)n1.Cl. The van der Waals surface area contributed by atoms with Crippen molar-refractivity contribution in [3.63, 3.8) is 0 Å². The van der Waals surface area contributed by atoms with Crippen molar-refractivity contribution in [1.29, 1.82) is 0 Å². The monoisotopic (exact) mass is 188 g/mol. The zero-order valence-corrected chi connectivity index (χ0v) is 7.77. The van der Waals surface area contributed by atoms with Crippen LogP contribution in [0, 0.1) is 0 Å². The number of anilines is 1. The van der Waals surface area contributed by atoms with E-state index in [9.17, 15) is 0 Å². The molecule has 0 fully saturated rings. The van der Waals surface area contributed by atoms with Crippen molar-refractivity contribution in [2.45, 2.75) is 13.5 Å². The molecule has 3 N–H and O–H groups in total. The van der Waals surface area contributed by atoms with E-state index >= 15 is 0 Å². The van der Waals surface area contributed by atoms with Crippen molar-refractivity contribution in [2.24, 2.45) is 5.73 Å². The number of nitrogens with zero attached hydrogens (tertiary/aromatic N) is 2. The topological polar surface area (TPSA) is 63.8 Å². The van der Waals surface area contributed by atoms with Gasteiger partial charge in [-0.1, -0.05) is 0 Å². The summed E-state index contributed by atoms with van der Waals surface area (Å²) in [6.45, 7) is 3.29. The summed E-state index contributed by atoms with van der Waals surface area (Å²) in [4.78, 5) is 8.13. The molecule has 0 bridgehead atoms. The molecule has 0 saturated heterocycles. The predicted octanol–water partition coefficient (Wildman–Crippen LogP) is 0.789. The molecular weight excluding hydrogens is 176 g/mol. The summed E-state index contributed by atoms with van der Waals surface area (Å²) in [6.07, 6.45) is 1.70. The van der Waals surface area contributed by atoms with E-state index in [0.29, 0.717) is 12.5 Å². The first kappa shape index (κ1) is 11.1. The molecule has 1 heterocycles. The Labute approximate surface area is 78.0 Å². The average Bonchev–Trinajstić information content (AvgIpc) is 2.06. The molecule has 12 heavy (non-hydrogen) atoms. The van der Waals surface area contributed by atoms with Crippen LogP contribution in [0.25, 0.3) is 0 Å². The van der Waals surface area contributed by atoms with Crippen LogP contribution in [0.1, 0.15) is 12.6 Å². The van der Waals surface area contributed by atoms with Crippen molar-refractivity contribution in [3.05, 3.63) is 18.0 Å². The number of halogens is 1. The molecule has 0 aliphatic heterocycles. The summed E-state index contributed by atoms with van der Waals surface area (Å²) >= 11 is 0. The number of hydrogen-bond acceptors (Lipinski definition) is 4. The second kappa shape index (κ2) is 5.74. The zero-order chi connectivity index (χ0) is 8.10. The largest absolute Gasteiger partial charge is 0.354 e. The molecule has 0 aliphatic carbocycles. The van der Waals surface area contributed by atoms with Crippen LogP contribution in [-0.2, 0) is 6.54 Å². The highest BCUT2D eigenvalue weighted by molar-refractivity contribution is 5.85. The van der Waals surface area contributed by atoms with E-state index in [1.54, 1.807) is 12.3 Å². The number of nitrogens with one attached hydrogen (secondary N) is 1. The smallest absolute Gasteiger partial charge is 0.222 e. The zero-order valence-electron chi connectivity index (χ0n) is 6.95. The van der Waals surface area contributed by atoms with Crippen molar-refractivity contribution in [2.75, 3.05) is 11.9 Å². The van der Waals surface area contributed by atoms with E-state index in [1.165, 1.54) is 0 Å². The number of nitrogens with two attached hydrogens (primary N) is 1. The first-order valence-electron chi connectivity index (χ1n) is 3.62. The van der Waals surface area contributed by atoms with Gasteiger partial charge in [-0.05, 0) is 13.0 Å². The standard InChI is InChI=1S/C7H12N4.ClH/c1-2-9-7-10-4-3-6(5-8)11-7;/h3-4H,2,5,8H2,1H3,(H,9,10,11);1H. The highest BCUT2D eigenvalue weighted by Gasteiger charge is 1.93. The van der Waals surface area contributed by atoms with Crippen LogP contribution in [0.2, 0.25) is 0 Å². The number of hydrogen-bond donors (Lipinski definition) is 2. The van der Waals surface area contributed by atoms with Crippen LogP contribution in [0.5, 0.6) is 0 Å². The van der Waals surface area contributed by atoms with Gasteiger partial charge in [-0.2, -0.15) is 0 Å². The van der Waals surface area contributed by atoms with Gasteiger partial charge in [0.25, 0.3) is 0 Å². The van der Waals surface area contributed by atoms with Gasteiger partial charge in [0.05, 0.1) is 5.69 Å². The molecule has 0 amide bonds. The van der Waals surface area contributed by atoms with E-state index in [1.807, 2.05) is 6.92 Å². The fourth-order valence-corrected chi connectivity index (χ4v) is 0.753. The summed E-state index contributed by atoms with van der Waals surface area (Å²) in [5, 5.41) is 3.00. The minimum atomic E-state index is 0. The Kier molecular flexibility index (Phi) is 5.32. The number of rotatable bonds is 3. The Bertz CT molecular complexity index is 228. The lowest BCUT2D eigenvalue weighted by molar-refractivity contribution is 0.956. The van der Waals surface area contributed by atoms with Crippen LogP contribution in [0.3, 0.4) is 0 Å². The van der Waals surface area contributed by atoms with Crippen LogP contribution in [-0.4, -0.2) is 16.5 Å². The maximum atomic E-state index is 5.40. The predicted molar refractivity (Wildman–Crippen MR) is 51.3 cm³/mol. The molecule has 1 aromatic rings. The van der Waals surface area contributed by atoms with Crippen molar-refractivity contribution in [1.82, 2.24) is 9.97 Å². The summed E-state index contributed by atoms with van der Waals surface area (Å²) < 4.78 is 0. The van der Waals surface area contributed by atoms with E-state index in [2.05, 4.69) is 15.3 Å². The molecule has 0 radical (unpaired) electrons. The van der Waals surface area contributed by atoms with Gasteiger partial charge in [0.2, 0.25) is 5.95 Å².